The summed E-state index contributed by atoms with van der Waals surface area (Å²) in [5, 5.41) is 6.59. The topological polar surface area (TPSA) is 53.1 Å². The Morgan fingerprint density at radius 1 is 1.41 bits per heavy atom. The molecule has 0 bridgehead atoms. The number of nitrogens with one attached hydrogen (secondary N) is 2. The summed E-state index contributed by atoms with van der Waals surface area (Å²) in [5.74, 6) is 1.81. The van der Waals surface area contributed by atoms with Crippen LogP contribution >= 0.6 is 0 Å². The second-order valence-electron chi connectivity index (χ2n) is 4.36. The van der Waals surface area contributed by atoms with Crippen LogP contribution in [0.25, 0.3) is 0 Å². The molecule has 5 nitrogen and oxygen atoms in total. The van der Waals surface area contributed by atoms with E-state index in [-0.39, 0.29) is 0 Å². The van der Waals surface area contributed by atoms with Gasteiger partial charge in [0.05, 0.1) is 0 Å². The summed E-state index contributed by atoms with van der Waals surface area (Å²) in [4.78, 5) is 11.2. The highest BCUT2D eigenvalue weighted by Crippen LogP contribution is 2.18. The van der Waals surface area contributed by atoms with Gasteiger partial charge in [-0.1, -0.05) is 6.92 Å². The molecule has 94 valence electrons. The Morgan fingerprint density at radius 2 is 2.18 bits per heavy atom. The molecule has 0 radical (unpaired) electrons. The highest BCUT2D eigenvalue weighted by Gasteiger charge is 2.14. The third-order valence-corrected chi connectivity index (χ3v) is 2.89. The predicted octanol–water partition coefficient (Wildman–Crippen LogP) is 1.02. The van der Waals surface area contributed by atoms with Gasteiger partial charge in [-0.15, -0.1) is 0 Å². The van der Waals surface area contributed by atoms with E-state index in [2.05, 4.69) is 39.3 Å². The van der Waals surface area contributed by atoms with Crippen molar-refractivity contribution in [3.63, 3.8) is 0 Å². The first kappa shape index (κ1) is 12.1. The van der Waals surface area contributed by atoms with E-state index in [1.807, 2.05) is 6.20 Å². The molecule has 0 atom stereocenters. The van der Waals surface area contributed by atoms with Gasteiger partial charge in [0.15, 0.2) is 0 Å². The first-order valence-electron chi connectivity index (χ1n) is 6.34. The Bertz CT molecular complexity index is 360. The van der Waals surface area contributed by atoms with Crippen molar-refractivity contribution < 1.29 is 0 Å². The summed E-state index contributed by atoms with van der Waals surface area (Å²) in [6.45, 7) is 9.22. The number of hydrogen-bond acceptors (Lipinski definition) is 5. The van der Waals surface area contributed by atoms with Crippen LogP contribution in [0.2, 0.25) is 0 Å². The summed E-state index contributed by atoms with van der Waals surface area (Å²) < 4.78 is 0. The van der Waals surface area contributed by atoms with Crippen LogP contribution in [0.15, 0.2) is 6.20 Å². The number of hydrogen-bond donors (Lipinski definition) is 2. The summed E-state index contributed by atoms with van der Waals surface area (Å²) in [6.07, 6.45) is 2.99. The fourth-order valence-corrected chi connectivity index (χ4v) is 1.95. The zero-order valence-electron chi connectivity index (χ0n) is 10.7. The monoisotopic (exact) mass is 235 g/mol. The van der Waals surface area contributed by atoms with Crippen LogP contribution in [0.5, 0.6) is 0 Å². The molecule has 1 aliphatic rings. The maximum Gasteiger partial charge on any atom is 0.224 e. The number of anilines is 2. The van der Waals surface area contributed by atoms with Crippen molar-refractivity contribution in [3.8, 4) is 0 Å². The minimum atomic E-state index is 0.742. The number of aromatic nitrogens is 2. The molecule has 2 rings (SSSR count). The third-order valence-electron chi connectivity index (χ3n) is 2.89. The van der Waals surface area contributed by atoms with Crippen molar-refractivity contribution in [3.05, 3.63) is 11.8 Å². The first-order chi connectivity index (χ1) is 8.31. The van der Waals surface area contributed by atoms with Crippen molar-refractivity contribution in [1.29, 1.82) is 0 Å². The Morgan fingerprint density at radius 3 is 2.88 bits per heavy atom. The van der Waals surface area contributed by atoms with Gasteiger partial charge >= 0.3 is 0 Å². The number of aryl methyl sites for hydroxylation is 1. The Hall–Kier alpha value is -1.36. The van der Waals surface area contributed by atoms with E-state index in [4.69, 9.17) is 0 Å². The lowest BCUT2D eigenvalue weighted by Crippen LogP contribution is -2.44. The van der Waals surface area contributed by atoms with Crippen molar-refractivity contribution in [2.45, 2.75) is 20.3 Å². The molecule has 0 aromatic carbocycles. The first-order valence-corrected chi connectivity index (χ1v) is 6.34. The number of rotatable bonds is 4. The molecule has 1 aliphatic heterocycles. The van der Waals surface area contributed by atoms with Crippen LogP contribution < -0.4 is 15.5 Å². The van der Waals surface area contributed by atoms with E-state index in [0.29, 0.717) is 0 Å². The van der Waals surface area contributed by atoms with Crippen LogP contribution in [0.1, 0.15) is 18.9 Å². The normalized spacial score (nSPS) is 16.0. The molecule has 1 fully saturated rings. The molecule has 0 spiro atoms. The minimum absolute atomic E-state index is 0.742. The summed E-state index contributed by atoms with van der Waals surface area (Å²) in [7, 11) is 0. The van der Waals surface area contributed by atoms with E-state index in [0.717, 1.165) is 56.5 Å². The van der Waals surface area contributed by atoms with Crippen LogP contribution in [0.4, 0.5) is 11.8 Å². The summed E-state index contributed by atoms with van der Waals surface area (Å²) in [5.41, 5.74) is 1.15. The van der Waals surface area contributed by atoms with Gasteiger partial charge in [0, 0.05) is 44.5 Å². The van der Waals surface area contributed by atoms with Crippen LogP contribution in [-0.2, 0) is 0 Å². The van der Waals surface area contributed by atoms with Gasteiger partial charge in [0.25, 0.3) is 0 Å². The lowest BCUT2D eigenvalue weighted by atomic mass is 10.3. The van der Waals surface area contributed by atoms with Crippen LogP contribution in [0.3, 0.4) is 0 Å². The van der Waals surface area contributed by atoms with E-state index in [9.17, 15) is 0 Å². The zero-order chi connectivity index (χ0) is 12.1. The van der Waals surface area contributed by atoms with Crippen molar-refractivity contribution in [2.75, 3.05) is 42.9 Å². The molecular weight excluding hydrogens is 214 g/mol. The van der Waals surface area contributed by atoms with Gasteiger partial charge in [-0.25, -0.2) is 4.98 Å². The molecule has 2 heterocycles. The Balaban J connectivity index is 2.13. The third kappa shape index (κ3) is 3.06. The minimum Gasteiger partial charge on any atom is -0.354 e. The van der Waals surface area contributed by atoms with Crippen LogP contribution in [0, 0.1) is 6.92 Å². The molecule has 2 N–H and O–H groups in total. The van der Waals surface area contributed by atoms with Gasteiger partial charge in [0.1, 0.15) is 5.82 Å². The molecule has 0 amide bonds. The average molecular weight is 235 g/mol. The average Bonchev–Trinajstić information content (AvgIpc) is 2.39. The molecule has 1 aromatic rings. The second kappa shape index (κ2) is 5.82. The fraction of sp³-hybridized carbons (Fsp3) is 0.667. The van der Waals surface area contributed by atoms with E-state index in [1.165, 1.54) is 0 Å². The van der Waals surface area contributed by atoms with Crippen LogP contribution in [-0.4, -0.2) is 42.7 Å². The molecule has 0 aliphatic carbocycles. The molecule has 1 saturated heterocycles. The number of piperazine rings is 1. The van der Waals surface area contributed by atoms with Crippen molar-refractivity contribution in [2.24, 2.45) is 0 Å². The molecule has 17 heavy (non-hydrogen) atoms. The van der Waals surface area contributed by atoms with Crippen molar-refractivity contribution >= 4 is 11.8 Å². The van der Waals surface area contributed by atoms with Gasteiger partial charge in [-0.2, -0.15) is 4.98 Å². The molecule has 0 saturated carbocycles. The van der Waals surface area contributed by atoms with Gasteiger partial charge in [-0.05, 0) is 13.3 Å². The van der Waals surface area contributed by atoms with Gasteiger partial charge in [-0.3, -0.25) is 0 Å². The van der Waals surface area contributed by atoms with Crippen molar-refractivity contribution in [1.82, 2.24) is 15.3 Å². The summed E-state index contributed by atoms with van der Waals surface area (Å²) in [6, 6.07) is 0. The summed E-state index contributed by atoms with van der Waals surface area (Å²) >= 11 is 0. The van der Waals surface area contributed by atoms with E-state index >= 15 is 0 Å². The zero-order valence-corrected chi connectivity index (χ0v) is 10.7. The molecule has 5 heteroatoms. The maximum atomic E-state index is 4.61. The highest BCUT2D eigenvalue weighted by molar-refractivity contribution is 5.49. The van der Waals surface area contributed by atoms with E-state index < -0.39 is 0 Å². The van der Waals surface area contributed by atoms with Gasteiger partial charge < -0.3 is 15.5 Å². The molecule has 0 unspecified atom stereocenters. The molecule has 1 aromatic heterocycles. The predicted molar refractivity (Wildman–Crippen MR) is 70.6 cm³/mol. The standard InChI is InChI=1S/C12H21N5/c1-3-4-14-12-15-9-10(2)11(16-12)17-7-5-13-6-8-17/h9,13H,3-8H2,1-2H3,(H,14,15,16). The quantitative estimate of drug-likeness (QED) is 0.816. The number of nitrogens with zero attached hydrogens (tertiary/aromatic N) is 3. The largest absolute Gasteiger partial charge is 0.354 e. The molecular formula is C12H21N5. The Labute approximate surface area is 103 Å². The lowest BCUT2D eigenvalue weighted by molar-refractivity contribution is 0.583. The van der Waals surface area contributed by atoms with Gasteiger partial charge in [0.2, 0.25) is 5.95 Å². The highest BCUT2D eigenvalue weighted by atomic mass is 15.3. The Kier molecular flexibility index (Phi) is 4.14. The maximum absolute atomic E-state index is 4.61. The lowest BCUT2D eigenvalue weighted by Gasteiger charge is -2.29. The fourth-order valence-electron chi connectivity index (χ4n) is 1.95. The SMILES string of the molecule is CCCNc1ncc(C)c(N2CCNCC2)n1. The van der Waals surface area contributed by atoms with E-state index in [1.54, 1.807) is 0 Å². The smallest absolute Gasteiger partial charge is 0.224 e. The second-order valence-corrected chi connectivity index (χ2v) is 4.36.